The molecule has 0 bridgehead atoms. The fourth-order valence-electron chi connectivity index (χ4n) is 1.76. The number of rotatable bonds is 1. The van der Waals surface area contributed by atoms with Gasteiger partial charge in [-0.05, 0) is 44.0 Å². The van der Waals surface area contributed by atoms with Crippen LogP contribution in [0.4, 0.5) is 5.69 Å². The molecule has 0 atom stereocenters. The van der Waals surface area contributed by atoms with Gasteiger partial charge in [0.2, 0.25) is 0 Å². The Balaban J connectivity index is 2.69. The maximum atomic E-state index is 5.87. The van der Waals surface area contributed by atoms with Crippen molar-refractivity contribution in [3.63, 3.8) is 0 Å². The molecule has 4 nitrogen and oxygen atoms in total. The first-order valence-corrected chi connectivity index (χ1v) is 5.24. The highest BCUT2D eigenvalue weighted by molar-refractivity contribution is 5.67. The molecule has 0 aliphatic carbocycles. The third kappa shape index (κ3) is 1.56. The van der Waals surface area contributed by atoms with Crippen molar-refractivity contribution >= 4 is 5.69 Å². The fourth-order valence-corrected chi connectivity index (χ4v) is 1.76. The Labute approximate surface area is 95.1 Å². The van der Waals surface area contributed by atoms with Gasteiger partial charge in [0, 0.05) is 18.3 Å². The molecule has 0 amide bonds. The van der Waals surface area contributed by atoms with E-state index >= 15 is 0 Å². The molecule has 16 heavy (non-hydrogen) atoms. The van der Waals surface area contributed by atoms with Crippen molar-refractivity contribution in [3.05, 3.63) is 29.1 Å². The highest BCUT2D eigenvalue weighted by Crippen LogP contribution is 2.26. The van der Waals surface area contributed by atoms with Crippen LogP contribution in [0.25, 0.3) is 11.4 Å². The lowest BCUT2D eigenvalue weighted by molar-refractivity contribution is 0.864. The summed E-state index contributed by atoms with van der Waals surface area (Å²) in [7, 11) is 1.96. The number of aryl methyl sites for hydroxylation is 2. The van der Waals surface area contributed by atoms with Gasteiger partial charge < -0.3 is 10.3 Å². The highest BCUT2D eigenvalue weighted by atomic mass is 15.3. The summed E-state index contributed by atoms with van der Waals surface area (Å²) >= 11 is 0. The van der Waals surface area contributed by atoms with E-state index in [1.54, 1.807) is 0 Å². The molecule has 2 rings (SSSR count). The number of benzene rings is 1. The van der Waals surface area contributed by atoms with Crippen LogP contribution in [0.1, 0.15) is 17.0 Å². The van der Waals surface area contributed by atoms with Crippen molar-refractivity contribution in [2.45, 2.75) is 20.8 Å². The highest BCUT2D eigenvalue weighted by Gasteiger charge is 2.12. The van der Waals surface area contributed by atoms with Crippen LogP contribution < -0.4 is 5.73 Å². The molecule has 0 spiro atoms. The first-order valence-electron chi connectivity index (χ1n) is 5.24. The Morgan fingerprint density at radius 3 is 2.38 bits per heavy atom. The number of nitrogens with zero attached hydrogens (tertiary/aromatic N) is 3. The number of hydrogen-bond acceptors (Lipinski definition) is 3. The van der Waals surface area contributed by atoms with E-state index in [2.05, 4.69) is 24.0 Å². The van der Waals surface area contributed by atoms with E-state index in [1.807, 2.05) is 30.7 Å². The molecule has 1 aromatic heterocycles. The standard InChI is InChI=1S/C12H16N4/c1-7-5-10(13)6-11(8(7)2)12-15-14-9(3)16(12)4/h5-6H,13H2,1-4H3. The maximum absolute atomic E-state index is 5.87. The molecular formula is C12H16N4. The van der Waals surface area contributed by atoms with Crippen LogP contribution in [-0.2, 0) is 7.05 Å². The van der Waals surface area contributed by atoms with Crippen LogP contribution in [0.5, 0.6) is 0 Å². The van der Waals surface area contributed by atoms with E-state index < -0.39 is 0 Å². The van der Waals surface area contributed by atoms with E-state index in [9.17, 15) is 0 Å². The van der Waals surface area contributed by atoms with Gasteiger partial charge in [0.05, 0.1) is 0 Å². The average molecular weight is 216 g/mol. The largest absolute Gasteiger partial charge is 0.399 e. The zero-order valence-corrected chi connectivity index (χ0v) is 10.1. The summed E-state index contributed by atoms with van der Waals surface area (Å²) in [6.45, 7) is 6.07. The van der Waals surface area contributed by atoms with Crippen molar-refractivity contribution in [1.29, 1.82) is 0 Å². The fraction of sp³-hybridized carbons (Fsp3) is 0.333. The molecule has 0 saturated heterocycles. The van der Waals surface area contributed by atoms with Crippen LogP contribution in [0.2, 0.25) is 0 Å². The van der Waals surface area contributed by atoms with Crippen LogP contribution in [0.3, 0.4) is 0 Å². The quantitative estimate of drug-likeness (QED) is 0.742. The zero-order chi connectivity index (χ0) is 11.9. The van der Waals surface area contributed by atoms with Gasteiger partial charge in [0.25, 0.3) is 0 Å². The number of nitrogens with two attached hydrogens (primary N) is 1. The van der Waals surface area contributed by atoms with Crippen molar-refractivity contribution in [2.24, 2.45) is 7.05 Å². The predicted octanol–water partition coefficient (Wildman–Crippen LogP) is 1.99. The van der Waals surface area contributed by atoms with Gasteiger partial charge in [0.1, 0.15) is 5.82 Å². The Bertz CT molecular complexity index is 540. The monoisotopic (exact) mass is 216 g/mol. The second-order valence-electron chi connectivity index (χ2n) is 4.14. The molecule has 0 aliphatic heterocycles. The lowest BCUT2D eigenvalue weighted by Gasteiger charge is -2.09. The molecule has 1 heterocycles. The normalized spacial score (nSPS) is 10.8. The van der Waals surface area contributed by atoms with E-state index in [1.165, 1.54) is 11.1 Å². The summed E-state index contributed by atoms with van der Waals surface area (Å²) in [4.78, 5) is 0. The maximum Gasteiger partial charge on any atom is 0.164 e. The third-order valence-corrected chi connectivity index (χ3v) is 3.02. The molecule has 0 unspecified atom stereocenters. The first kappa shape index (κ1) is 10.7. The van der Waals surface area contributed by atoms with Gasteiger partial charge in [0.15, 0.2) is 5.82 Å². The first-order chi connectivity index (χ1) is 7.50. The summed E-state index contributed by atoms with van der Waals surface area (Å²) < 4.78 is 1.97. The number of nitrogen functional groups attached to an aromatic ring is 1. The summed E-state index contributed by atoms with van der Waals surface area (Å²) in [6.07, 6.45) is 0. The van der Waals surface area contributed by atoms with E-state index in [0.717, 1.165) is 22.9 Å². The second kappa shape index (κ2) is 3.63. The topological polar surface area (TPSA) is 56.7 Å². The second-order valence-corrected chi connectivity index (χ2v) is 4.14. The number of aromatic nitrogens is 3. The van der Waals surface area contributed by atoms with Gasteiger partial charge in [-0.25, -0.2) is 0 Å². The molecule has 4 heteroatoms. The summed E-state index contributed by atoms with van der Waals surface area (Å²) in [5, 5.41) is 8.25. The average Bonchev–Trinajstić information content (AvgIpc) is 2.54. The predicted molar refractivity (Wildman–Crippen MR) is 65.1 cm³/mol. The lowest BCUT2D eigenvalue weighted by atomic mass is 10.0. The summed E-state index contributed by atoms with van der Waals surface area (Å²) in [6, 6.07) is 3.92. The van der Waals surface area contributed by atoms with Crippen molar-refractivity contribution in [2.75, 3.05) is 5.73 Å². The molecule has 0 radical (unpaired) electrons. The Hall–Kier alpha value is -1.84. The third-order valence-electron chi connectivity index (χ3n) is 3.02. The Morgan fingerprint density at radius 2 is 1.81 bits per heavy atom. The summed E-state index contributed by atoms with van der Waals surface area (Å²) in [5.74, 6) is 1.76. The number of hydrogen-bond donors (Lipinski definition) is 1. The van der Waals surface area contributed by atoms with Crippen LogP contribution in [0.15, 0.2) is 12.1 Å². The van der Waals surface area contributed by atoms with Crippen LogP contribution in [0, 0.1) is 20.8 Å². The van der Waals surface area contributed by atoms with Crippen molar-refractivity contribution in [3.8, 4) is 11.4 Å². The molecule has 84 valence electrons. The molecule has 2 N–H and O–H groups in total. The molecular weight excluding hydrogens is 200 g/mol. The van der Waals surface area contributed by atoms with E-state index in [4.69, 9.17) is 5.73 Å². The molecule has 0 aliphatic rings. The Morgan fingerprint density at radius 1 is 1.12 bits per heavy atom. The van der Waals surface area contributed by atoms with Gasteiger partial charge >= 0.3 is 0 Å². The minimum absolute atomic E-state index is 0.763. The molecule has 0 fully saturated rings. The molecule has 2 aromatic rings. The zero-order valence-electron chi connectivity index (χ0n) is 10.1. The van der Waals surface area contributed by atoms with Gasteiger partial charge in [-0.15, -0.1) is 10.2 Å². The van der Waals surface area contributed by atoms with Crippen LogP contribution >= 0.6 is 0 Å². The smallest absolute Gasteiger partial charge is 0.164 e. The van der Waals surface area contributed by atoms with Gasteiger partial charge in [-0.1, -0.05) is 0 Å². The number of anilines is 1. The Kier molecular flexibility index (Phi) is 2.42. The van der Waals surface area contributed by atoms with E-state index in [-0.39, 0.29) is 0 Å². The van der Waals surface area contributed by atoms with Gasteiger partial charge in [-0.3, -0.25) is 0 Å². The summed E-state index contributed by atoms with van der Waals surface area (Å²) in [5.41, 5.74) is 10.1. The minimum atomic E-state index is 0.763. The SMILES string of the molecule is Cc1cc(N)cc(-c2nnc(C)n2C)c1C. The van der Waals surface area contributed by atoms with Crippen LogP contribution in [-0.4, -0.2) is 14.8 Å². The molecule has 1 aromatic carbocycles. The van der Waals surface area contributed by atoms with E-state index in [0.29, 0.717) is 0 Å². The lowest BCUT2D eigenvalue weighted by Crippen LogP contribution is -1.99. The van der Waals surface area contributed by atoms with Crippen molar-refractivity contribution < 1.29 is 0 Å². The van der Waals surface area contributed by atoms with Gasteiger partial charge in [-0.2, -0.15) is 0 Å². The minimum Gasteiger partial charge on any atom is -0.399 e. The van der Waals surface area contributed by atoms with Crippen molar-refractivity contribution in [1.82, 2.24) is 14.8 Å². The molecule has 0 saturated carbocycles.